The molecule has 0 aliphatic carbocycles. The van der Waals surface area contributed by atoms with Crippen molar-refractivity contribution in [1.82, 2.24) is 4.98 Å². The molecule has 0 atom stereocenters. The third-order valence-corrected chi connectivity index (χ3v) is 2.40. The summed E-state index contributed by atoms with van der Waals surface area (Å²) in [5, 5.41) is 0. The van der Waals surface area contributed by atoms with Crippen LogP contribution in [-0.2, 0) is 10.1 Å². The van der Waals surface area contributed by atoms with Gasteiger partial charge < -0.3 is 4.98 Å². The van der Waals surface area contributed by atoms with Crippen LogP contribution in [-0.4, -0.2) is 18.0 Å². The van der Waals surface area contributed by atoms with Crippen LogP contribution in [0.5, 0.6) is 0 Å². The average Bonchev–Trinajstić information content (AvgIpc) is 2.76. The van der Waals surface area contributed by atoms with Gasteiger partial charge in [0, 0.05) is 12.4 Å². The molecule has 2 N–H and O–H groups in total. The predicted octanol–water partition coefficient (Wildman–Crippen LogP) is 1.95. The van der Waals surface area contributed by atoms with Crippen LogP contribution in [0.4, 0.5) is 0 Å². The second-order valence-corrected chi connectivity index (χ2v) is 4.09. The van der Waals surface area contributed by atoms with Crippen LogP contribution in [0.3, 0.4) is 0 Å². The Balaban J connectivity index is 0.000000187. The molecule has 0 fully saturated rings. The number of hydrogen-bond acceptors (Lipinski definition) is 2. The van der Waals surface area contributed by atoms with E-state index in [2.05, 4.69) is 4.98 Å². The molecule has 0 aliphatic rings. The Kier molecular flexibility index (Phi) is 4.08. The van der Waals surface area contributed by atoms with Crippen molar-refractivity contribution in [2.75, 3.05) is 0 Å². The first-order valence-corrected chi connectivity index (χ1v) is 5.65. The first kappa shape index (κ1) is 11.5. The van der Waals surface area contributed by atoms with Gasteiger partial charge in [-0.15, -0.1) is 0 Å². The van der Waals surface area contributed by atoms with Gasteiger partial charge in [0.05, 0.1) is 4.90 Å². The standard InChI is InChI=1S/C6H6O3S.C4H5N/c7-10(8,9)6-4-2-1-3-5-6;1-2-4-5-3-1/h1-5H,(H,7,8,9);1-5H. The summed E-state index contributed by atoms with van der Waals surface area (Å²) in [5.74, 6) is 0. The van der Waals surface area contributed by atoms with Gasteiger partial charge in [0.2, 0.25) is 0 Å². The molecule has 0 saturated heterocycles. The molecule has 0 saturated carbocycles. The van der Waals surface area contributed by atoms with Crippen LogP contribution in [0.15, 0.2) is 59.8 Å². The van der Waals surface area contributed by atoms with E-state index in [0.717, 1.165) is 0 Å². The van der Waals surface area contributed by atoms with Crippen molar-refractivity contribution in [2.45, 2.75) is 4.90 Å². The molecule has 0 radical (unpaired) electrons. The lowest BCUT2D eigenvalue weighted by Gasteiger charge is -1.92. The summed E-state index contributed by atoms with van der Waals surface area (Å²) in [4.78, 5) is 2.79. The maximum Gasteiger partial charge on any atom is 0.294 e. The highest BCUT2D eigenvalue weighted by atomic mass is 32.2. The van der Waals surface area contributed by atoms with E-state index >= 15 is 0 Å². The van der Waals surface area contributed by atoms with Gasteiger partial charge in [-0.05, 0) is 24.3 Å². The van der Waals surface area contributed by atoms with Crippen LogP contribution >= 0.6 is 0 Å². The fourth-order valence-corrected chi connectivity index (χ4v) is 1.37. The lowest BCUT2D eigenvalue weighted by atomic mass is 10.4. The zero-order valence-electron chi connectivity index (χ0n) is 7.87. The van der Waals surface area contributed by atoms with Crippen molar-refractivity contribution in [3.8, 4) is 0 Å². The first-order valence-electron chi connectivity index (χ1n) is 4.21. The van der Waals surface area contributed by atoms with Crippen molar-refractivity contribution < 1.29 is 13.0 Å². The maximum absolute atomic E-state index is 10.4. The Morgan fingerprint density at radius 2 is 1.47 bits per heavy atom. The van der Waals surface area contributed by atoms with Crippen molar-refractivity contribution in [3.63, 3.8) is 0 Å². The Morgan fingerprint density at radius 3 is 1.73 bits per heavy atom. The molecule has 1 aromatic carbocycles. The summed E-state index contributed by atoms with van der Waals surface area (Å²) < 4.78 is 29.2. The van der Waals surface area contributed by atoms with E-state index < -0.39 is 10.1 Å². The minimum Gasteiger partial charge on any atom is -0.368 e. The fraction of sp³-hybridized carbons (Fsp3) is 0. The first-order chi connectivity index (χ1) is 7.11. The molecule has 2 aromatic rings. The van der Waals surface area contributed by atoms with E-state index in [-0.39, 0.29) is 4.90 Å². The third-order valence-electron chi connectivity index (χ3n) is 1.54. The summed E-state index contributed by atoms with van der Waals surface area (Å²) >= 11 is 0. The van der Waals surface area contributed by atoms with Gasteiger partial charge in [0.15, 0.2) is 0 Å². The molecule has 80 valence electrons. The topological polar surface area (TPSA) is 70.2 Å². The highest BCUT2D eigenvalue weighted by Gasteiger charge is 2.05. The Bertz CT molecular complexity index is 445. The molecule has 0 spiro atoms. The van der Waals surface area contributed by atoms with Crippen LogP contribution in [0.1, 0.15) is 0 Å². The monoisotopic (exact) mass is 225 g/mol. The molecule has 2 rings (SSSR count). The van der Waals surface area contributed by atoms with Crippen molar-refractivity contribution >= 4 is 10.1 Å². The van der Waals surface area contributed by atoms with Crippen molar-refractivity contribution in [3.05, 3.63) is 54.9 Å². The lowest BCUT2D eigenvalue weighted by Crippen LogP contribution is -1.96. The third kappa shape index (κ3) is 4.44. The van der Waals surface area contributed by atoms with Gasteiger partial charge in [0.1, 0.15) is 0 Å². The predicted molar refractivity (Wildman–Crippen MR) is 57.0 cm³/mol. The molecule has 0 unspecified atom stereocenters. The molecule has 1 heterocycles. The zero-order chi connectivity index (χ0) is 11.1. The van der Waals surface area contributed by atoms with E-state index in [4.69, 9.17) is 4.55 Å². The number of aromatic nitrogens is 1. The van der Waals surface area contributed by atoms with Gasteiger partial charge in [-0.2, -0.15) is 8.42 Å². The SMILES string of the molecule is O=S(=O)(O)c1ccccc1.c1cc[nH]c1. The molecule has 0 bridgehead atoms. The van der Waals surface area contributed by atoms with Crippen LogP contribution < -0.4 is 0 Å². The Hall–Kier alpha value is -1.59. The fourth-order valence-electron chi connectivity index (χ4n) is 0.870. The molecule has 0 amide bonds. The van der Waals surface area contributed by atoms with Gasteiger partial charge in [0.25, 0.3) is 10.1 Å². The summed E-state index contributed by atoms with van der Waals surface area (Å²) in [5.41, 5.74) is 0. The van der Waals surface area contributed by atoms with Gasteiger partial charge in [-0.3, -0.25) is 4.55 Å². The number of aromatic amines is 1. The number of rotatable bonds is 1. The van der Waals surface area contributed by atoms with E-state index in [9.17, 15) is 8.42 Å². The lowest BCUT2D eigenvalue weighted by molar-refractivity contribution is 0.483. The molecule has 0 aliphatic heterocycles. The van der Waals surface area contributed by atoms with Crippen LogP contribution in [0.25, 0.3) is 0 Å². The van der Waals surface area contributed by atoms with Crippen LogP contribution in [0, 0.1) is 0 Å². The molecule has 5 heteroatoms. The number of H-pyrrole nitrogens is 1. The highest BCUT2D eigenvalue weighted by molar-refractivity contribution is 7.85. The summed E-state index contributed by atoms with van der Waals surface area (Å²) in [6, 6.07) is 11.3. The van der Waals surface area contributed by atoms with Gasteiger partial charge >= 0.3 is 0 Å². The van der Waals surface area contributed by atoms with Crippen LogP contribution in [0.2, 0.25) is 0 Å². The van der Waals surface area contributed by atoms with E-state index in [1.807, 2.05) is 24.5 Å². The van der Waals surface area contributed by atoms with E-state index in [1.54, 1.807) is 18.2 Å². The summed E-state index contributed by atoms with van der Waals surface area (Å²) in [6.07, 6.45) is 3.75. The van der Waals surface area contributed by atoms with Crippen molar-refractivity contribution in [2.24, 2.45) is 0 Å². The van der Waals surface area contributed by atoms with E-state index in [0.29, 0.717) is 0 Å². The second kappa shape index (κ2) is 5.33. The zero-order valence-corrected chi connectivity index (χ0v) is 8.68. The molecule has 1 aromatic heterocycles. The Labute approximate surface area is 88.3 Å². The minimum absolute atomic E-state index is 0.0741. The maximum atomic E-state index is 10.4. The minimum atomic E-state index is -4.00. The van der Waals surface area contributed by atoms with Gasteiger partial charge in [-0.25, -0.2) is 0 Å². The van der Waals surface area contributed by atoms with E-state index in [1.165, 1.54) is 12.1 Å². The number of nitrogens with one attached hydrogen (secondary N) is 1. The Morgan fingerprint density at radius 1 is 0.933 bits per heavy atom. The van der Waals surface area contributed by atoms with Crippen molar-refractivity contribution in [1.29, 1.82) is 0 Å². The smallest absolute Gasteiger partial charge is 0.294 e. The summed E-state index contributed by atoms with van der Waals surface area (Å²) in [6.45, 7) is 0. The summed E-state index contributed by atoms with van der Waals surface area (Å²) in [7, 11) is -4.00. The average molecular weight is 225 g/mol. The molecule has 4 nitrogen and oxygen atoms in total. The molecule has 15 heavy (non-hydrogen) atoms. The second-order valence-electron chi connectivity index (χ2n) is 2.67. The molecular weight excluding hydrogens is 214 g/mol. The highest BCUT2D eigenvalue weighted by Crippen LogP contribution is 2.05. The largest absolute Gasteiger partial charge is 0.368 e. The number of hydrogen-bond donors (Lipinski definition) is 2. The normalized spacial score (nSPS) is 10.2. The number of benzene rings is 1. The quantitative estimate of drug-likeness (QED) is 0.729. The molecular formula is C10H11NO3S. The van der Waals surface area contributed by atoms with Gasteiger partial charge in [-0.1, -0.05) is 18.2 Å².